The fourth-order valence-corrected chi connectivity index (χ4v) is 1.37. The first kappa shape index (κ1) is 10.5. The first-order valence-electron chi connectivity index (χ1n) is 5.12. The van der Waals surface area contributed by atoms with Crippen molar-refractivity contribution in [2.24, 2.45) is 0 Å². The number of nitrogens with one attached hydrogen (secondary N) is 1. The molecule has 1 fully saturated rings. The largest absolute Gasteiger partial charge is 0.374 e. The molecule has 1 saturated heterocycles. The number of hydrogen-bond acceptors (Lipinski definition) is 6. The van der Waals surface area contributed by atoms with Gasteiger partial charge in [0.2, 0.25) is 0 Å². The van der Waals surface area contributed by atoms with Crippen molar-refractivity contribution >= 4 is 0 Å². The van der Waals surface area contributed by atoms with Gasteiger partial charge in [0.1, 0.15) is 12.7 Å². The normalized spacial score (nSPS) is 21.8. The van der Waals surface area contributed by atoms with E-state index in [0.29, 0.717) is 31.5 Å². The van der Waals surface area contributed by atoms with E-state index in [1.54, 1.807) is 0 Å². The van der Waals surface area contributed by atoms with Gasteiger partial charge in [-0.05, 0) is 6.92 Å². The summed E-state index contributed by atoms with van der Waals surface area (Å²) in [6, 6.07) is 0. The Bertz CT molecular complexity index is 297. The van der Waals surface area contributed by atoms with Gasteiger partial charge >= 0.3 is 0 Å². The average Bonchev–Trinajstić information content (AvgIpc) is 2.76. The van der Waals surface area contributed by atoms with Gasteiger partial charge in [-0.15, -0.1) is 0 Å². The van der Waals surface area contributed by atoms with Gasteiger partial charge < -0.3 is 19.3 Å². The third-order valence-electron chi connectivity index (χ3n) is 2.12. The highest BCUT2D eigenvalue weighted by Gasteiger charge is 2.21. The summed E-state index contributed by atoms with van der Waals surface area (Å²) in [7, 11) is 0. The predicted octanol–water partition coefficient (Wildman–Crippen LogP) is 0.267. The maximum absolute atomic E-state index is 5.48. The zero-order valence-electron chi connectivity index (χ0n) is 8.73. The van der Waals surface area contributed by atoms with Crippen LogP contribution in [0.4, 0.5) is 0 Å². The monoisotopic (exact) mass is 213 g/mol. The molecule has 1 aromatic rings. The van der Waals surface area contributed by atoms with Crippen molar-refractivity contribution in [2.75, 3.05) is 26.3 Å². The Labute approximate surface area is 87.9 Å². The lowest BCUT2D eigenvalue weighted by Crippen LogP contribution is -2.33. The minimum absolute atomic E-state index is 0.123. The standard InChI is InChI=1S/C9H15N3O3/c1-2-13-6-8-11-9(15-12-8)7-5-10-3-4-14-7/h7,10H,2-6H2,1H3. The van der Waals surface area contributed by atoms with E-state index in [9.17, 15) is 0 Å². The van der Waals surface area contributed by atoms with Crippen LogP contribution >= 0.6 is 0 Å². The van der Waals surface area contributed by atoms with Gasteiger partial charge in [-0.25, -0.2) is 0 Å². The molecule has 6 nitrogen and oxygen atoms in total. The van der Waals surface area contributed by atoms with Crippen molar-refractivity contribution < 1.29 is 14.0 Å². The molecule has 1 N–H and O–H groups in total. The lowest BCUT2D eigenvalue weighted by Gasteiger charge is -2.19. The Morgan fingerprint density at radius 3 is 3.27 bits per heavy atom. The summed E-state index contributed by atoms with van der Waals surface area (Å²) in [4.78, 5) is 4.20. The van der Waals surface area contributed by atoms with Crippen LogP contribution in [0.5, 0.6) is 0 Å². The van der Waals surface area contributed by atoms with Crippen molar-refractivity contribution in [3.8, 4) is 0 Å². The number of aromatic nitrogens is 2. The summed E-state index contributed by atoms with van der Waals surface area (Å²) in [6.45, 7) is 5.22. The van der Waals surface area contributed by atoms with Gasteiger partial charge in [-0.1, -0.05) is 5.16 Å². The highest BCUT2D eigenvalue weighted by molar-refractivity contribution is 4.91. The van der Waals surface area contributed by atoms with Gasteiger partial charge in [-0.3, -0.25) is 0 Å². The van der Waals surface area contributed by atoms with Gasteiger partial charge in [0.05, 0.1) is 6.61 Å². The van der Waals surface area contributed by atoms with Crippen LogP contribution in [0.1, 0.15) is 24.7 Å². The van der Waals surface area contributed by atoms with Crippen LogP contribution in [-0.2, 0) is 16.1 Å². The maximum Gasteiger partial charge on any atom is 0.257 e. The molecule has 2 heterocycles. The Hall–Kier alpha value is -0.980. The summed E-state index contributed by atoms with van der Waals surface area (Å²) in [5, 5.41) is 7.01. The fraction of sp³-hybridized carbons (Fsp3) is 0.778. The van der Waals surface area contributed by atoms with Crippen LogP contribution in [0.15, 0.2) is 4.52 Å². The van der Waals surface area contributed by atoms with E-state index in [1.807, 2.05) is 6.92 Å². The van der Waals surface area contributed by atoms with Gasteiger partial charge in [0, 0.05) is 19.7 Å². The number of hydrogen-bond donors (Lipinski definition) is 1. The Kier molecular flexibility index (Phi) is 3.65. The Morgan fingerprint density at radius 2 is 2.53 bits per heavy atom. The summed E-state index contributed by atoms with van der Waals surface area (Å²) < 4.78 is 15.8. The van der Waals surface area contributed by atoms with Crippen molar-refractivity contribution in [2.45, 2.75) is 19.6 Å². The molecule has 84 valence electrons. The molecule has 0 aliphatic carbocycles. The lowest BCUT2D eigenvalue weighted by molar-refractivity contribution is 0.00755. The molecule has 0 amide bonds. The van der Waals surface area contributed by atoms with Crippen molar-refractivity contribution in [3.05, 3.63) is 11.7 Å². The molecule has 6 heteroatoms. The average molecular weight is 213 g/mol. The highest BCUT2D eigenvalue weighted by atomic mass is 16.5. The molecule has 0 aromatic carbocycles. The molecule has 1 aliphatic heterocycles. The molecule has 1 atom stereocenters. The zero-order valence-corrected chi connectivity index (χ0v) is 8.73. The van der Waals surface area contributed by atoms with E-state index in [4.69, 9.17) is 14.0 Å². The predicted molar refractivity (Wildman–Crippen MR) is 51.2 cm³/mol. The molecule has 0 saturated carbocycles. The van der Waals surface area contributed by atoms with Crippen molar-refractivity contribution in [1.82, 2.24) is 15.5 Å². The smallest absolute Gasteiger partial charge is 0.257 e. The van der Waals surface area contributed by atoms with E-state index < -0.39 is 0 Å². The topological polar surface area (TPSA) is 69.4 Å². The quantitative estimate of drug-likeness (QED) is 0.774. The minimum Gasteiger partial charge on any atom is -0.374 e. The fourth-order valence-electron chi connectivity index (χ4n) is 1.37. The van der Waals surface area contributed by atoms with Crippen LogP contribution in [0.2, 0.25) is 0 Å². The molecular formula is C9H15N3O3. The van der Waals surface area contributed by atoms with Crippen LogP contribution in [0.25, 0.3) is 0 Å². The molecule has 0 radical (unpaired) electrons. The number of morpholine rings is 1. The van der Waals surface area contributed by atoms with Crippen LogP contribution in [-0.4, -0.2) is 36.4 Å². The Morgan fingerprint density at radius 1 is 1.60 bits per heavy atom. The second kappa shape index (κ2) is 5.20. The molecule has 1 aromatic heterocycles. The maximum atomic E-state index is 5.48. The number of nitrogens with zero attached hydrogens (tertiary/aromatic N) is 2. The van der Waals surface area contributed by atoms with E-state index >= 15 is 0 Å². The molecular weight excluding hydrogens is 198 g/mol. The van der Waals surface area contributed by atoms with Crippen LogP contribution in [0, 0.1) is 0 Å². The van der Waals surface area contributed by atoms with E-state index in [1.165, 1.54) is 0 Å². The number of rotatable bonds is 4. The molecule has 15 heavy (non-hydrogen) atoms. The third-order valence-corrected chi connectivity index (χ3v) is 2.12. The Balaban J connectivity index is 1.93. The van der Waals surface area contributed by atoms with Gasteiger partial charge in [0.15, 0.2) is 5.82 Å². The second-order valence-corrected chi connectivity index (χ2v) is 3.25. The molecule has 2 rings (SSSR count). The number of ether oxygens (including phenoxy) is 2. The molecule has 1 aliphatic rings. The summed E-state index contributed by atoms with van der Waals surface area (Å²) in [5.41, 5.74) is 0. The lowest BCUT2D eigenvalue weighted by atomic mass is 10.3. The SMILES string of the molecule is CCOCc1noc(C2CNCCO2)n1. The van der Waals surface area contributed by atoms with Gasteiger partial charge in [0.25, 0.3) is 5.89 Å². The van der Waals surface area contributed by atoms with E-state index in [2.05, 4.69) is 15.5 Å². The van der Waals surface area contributed by atoms with E-state index in [-0.39, 0.29) is 6.10 Å². The van der Waals surface area contributed by atoms with Crippen molar-refractivity contribution in [3.63, 3.8) is 0 Å². The minimum atomic E-state index is -0.123. The van der Waals surface area contributed by atoms with Crippen LogP contribution < -0.4 is 5.32 Å². The second-order valence-electron chi connectivity index (χ2n) is 3.25. The first-order chi connectivity index (χ1) is 7.40. The van der Waals surface area contributed by atoms with Gasteiger partial charge in [-0.2, -0.15) is 4.98 Å². The third kappa shape index (κ3) is 2.74. The summed E-state index contributed by atoms with van der Waals surface area (Å²) in [5.74, 6) is 1.10. The molecule has 0 spiro atoms. The molecule has 0 bridgehead atoms. The zero-order chi connectivity index (χ0) is 10.5. The highest BCUT2D eigenvalue weighted by Crippen LogP contribution is 2.16. The summed E-state index contributed by atoms with van der Waals surface area (Å²) in [6.07, 6.45) is -0.123. The summed E-state index contributed by atoms with van der Waals surface area (Å²) >= 11 is 0. The van der Waals surface area contributed by atoms with Crippen LogP contribution in [0.3, 0.4) is 0 Å². The molecule has 1 unspecified atom stereocenters. The van der Waals surface area contributed by atoms with E-state index in [0.717, 1.165) is 13.1 Å². The van der Waals surface area contributed by atoms with Crippen molar-refractivity contribution in [1.29, 1.82) is 0 Å². The first-order valence-corrected chi connectivity index (χ1v) is 5.12.